The summed E-state index contributed by atoms with van der Waals surface area (Å²) in [5.74, 6) is -0.0339. The minimum atomic E-state index is -5.00. The van der Waals surface area contributed by atoms with Crippen LogP contribution in [0.2, 0.25) is 0 Å². The summed E-state index contributed by atoms with van der Waals surface area (Å²) >= 11 is 0. The molecule has 0 spiro atoms. The zero-order valence-corrected chi connectivity index (χ0v) is 12.8. The van der Waals surface area contributed by atoms with Gasteiger partial charge in [-0.2, -0.15) is 0 Å². The summed E-state index contributed by atoms with van der Waals surface area (Å²) in [7, 11) is 0. The van der Waals surface area contributed by atoms with Gasteiger partial charge in [-0.05, 0) is 30.7 Å². The van der Waals surface area contributed by atoms with Crippen molar-refractivity contribution in [2.24, 2.45) is 0 Å². The zero-order valence-electron chi connectivity index (χ0n) is 12.8. The molecule has 0 unspecified atom stereocenters. The Hall–Kier alpha value is -2.69. The van der Waals surface area contributed by atoms with Crippen LogP contribution < -0.4 is 5.32 Å². The highest BCUT2D eigenvalue weighted by Gasteiger charge is 2.21. The zero-order chi connectivity index (χ0) is 18.4. The van der Waals surface area contributed by atoms with Crippen LogP contribution in [0.3, 0.4) is 0 Å². The number of hydrogen-bond donors (Lipinski definition) is 2. The fourth-order valence-corrected chi connectivity index (χ4v) is 1.83. The number of alkyl halides is 3. The van der Waals surface area contributed by atoms with Crippen molar-refractivity contribution in [3.63, 3.8) is 0 Å². The maximum atomic E-state index is 12.8. The van der Waals surface area contributed by atoms with Crippen LogP contribution in [0.4, 0.5) is 23.6 Å². The highest BCUT2D eigenvalue weighted by atomic mass is 19.4. The lowest BCUT2D eigenvalue weighted by molar-refractivity contribution is -0.295. The second kappa shape index (κ2) is 7.92. The van der Waals surface area contributed by atoms with Crippen molar-refractivity contribution in [3.8, 4) is 11.5 Å². The number of rotatable bonds is 4. The van der Waals surface area contributed by atoms with E-state index in [1.807, 2.05) is 0 Å². The molecule has 25 heavy (non-hydrogen) atoms. The molecule has 1 aliphatic heterocycles. The lowest BCUT2D eigenvalue weighted by Gasteiger charge is -2.30. The van der Waals surface area contributed by atoms with E-state index in [9.17, 15) is 22.4 Å². The molecule has 2 heterocycles. The smallest absolute Gasteiger partial charge is 0.403 e. The van der Waals surface area contributed by atoms with Gasteiger partial charge in [0.05, 0.1) is 6.54 Å². The number of anilines is 1. The molecule has 1 aromatic heterocycles. The molecule has 3 rings (SSSR count). The maximum Gasteiger partial charge on any atom is 0.519 e. The van der Waals surface area contributed by atoms with Gasteiger partial charge < -0.3 is 19.7 Å². The molecule has 0 bridgehead atoms. The number of benzene rings is 1. The molecule has 2 N–H and O–H groups in total. The highest BCUT2D eigenvalue weighted by molar-refractivity contribution is 5.80. The molecule has 1 saturated heterocycles. The Morgan fingerprint density at radius 3 is 2.36 bits per heavy atom. The van der Waals surface area contributed by atoms with E-state index in [4.69, 9.17) is 9.52 Å². The monoisotopic (exact) mass is 362 g/mol. The molecule has 2 aromatic rings. The van der Waals surface area contributed by atoms with Crippen molar-refractivity contribution in [2.75, 3.05) is 25.0 Å². The molecule has 1 aromatic carbocycles. The first-order valence-corrected chi connectivity index (χ1v) is 7.12. The van der Waals surface area contributed by atoms with E-state index in [0.29, 0.717) is 5.56 Å². The molecule has 0 atom stereocenters. The third-order valence-electron chi connectivity index (χ3n) is 3.12. The van der Waals surface area contributed by atoms with Gasteiger partial charge in [-0.3, -0.25) is 4.79 Å². The second-order valence-corrected chi connectivity index (χ2v) is 4.97. The minimum absolute atomic E-state index is 0.0118. The Labute approximate surface area is 139 Å². The van der Waals surface area contributed by atoms with E-state index in [-0.39, 0.29) is 30.2 Å². The predicted octanol–water partition coefficient (Wildman–Crippen LogP) is 2.02. The lowest BCUT2D eigenvalue weighted by atomic mass is 10.2. The van der Waals surface area contributed by atoms with Crippen molar-refractivity contribution in [3.05, 3.63) is 30.1 Å². The Bertz CT molecular complexity index is 693. The largest absolute Gasteiger partial charge is 0.519 e. The fourth-order valence-electron chi connectivity index (χ4n) is 1.83. The third kappa shape index (κ3) is 6.37. The molecule has 0 radical (unpaired) electrons. The molecular weight excluding hydrogens is 348 g/mol. The Morgan fingerprint density at radius 1 is 1.24 bits per heavy atom. The Balaban J connectivity index is 0.000000399. The Kier molecular flexibility index (Phi) is 5.91. The first-order valence-electron chi connectivity index (χ1n) is 7.12. The Morgan fingerprint density at radius 2 is 1.84 bits per heavy atom. The van der Waals surface area contributed by atoms with Crippen LogP contribution in [0.25, 0.3) is 11.5 Å². The van der Waals surface area contributed by atoms with Crippen LogP contribution in [-0.4, -0.2) is 52.1 Å². The molecule has 1 aliphatic rings. The van der Waals surface area contributed by atoms with Crippen LogP contribution in [0, 0.1) is 5.82 Å². The molecular formula is C14H14F4N4O3. The number of carbonyl (C=O) groups excluding carboxylic acids is 1. The highest BCUT2D eigenvalue weighted by Crippen LogP contribution is 2.19. The van der Waals surface area contributed by atoms with E-state index >= 15 is 0 Å². The summed E-state index contributed by atoms with van der Waals surface area (Å²) in [6.45, 7) is 1.75. The van der Waals surface area contributed by atoms with Gasteiger partial charge in [-0.25, -0.2) is 4.39 Å². The summed E-state index contributed by atoms with van der Waals surface area (Å²) in [5.41, 5.74) is 0.626. The standard InChI is InChI=1S/C13H13FN4O2.CHF3O/c14-10-4-2-9(3-5-10)12-16-17-13(20-12)15-8-11(19)18-6-1-7-18;2-1(3,4)5/h2-5H,1,6-8H2,(H,15,17);5H. The number of carbonyl (C=O) groups is 1. The number of nitrogens with one attached hydrogen (secondary N) is 1. The van der Waals surface area contributed by atoms with Gasteiger partial charge in [-0.15, -0.1) is 18.3 Å². The van der Waals surface area contributed by atoms with Crippen molar-refractivity contribution < 1.29 is 31.9 Å². The summed E-state index contributed by atoms with van der Waals surface area (Å²) < 4.78 is 47.9. The summed E-state index contributed by atoms with van der Waals surface area (Å²) in [4.78, 5) is 13.4. The number of hydrogen-bond acceptors (Lipinski definition) is 6. The topological polar surface area (TPSA) is 91.5 Å². The molecule has 0 saturated carbocycles. The molecule has 1 amide bonds. The first kappa shape index (κ1) is 18.6. The predicted molar refractivity (Wildman–Crippen MR) is 77.7 cm³/mol. The summed E-state index contributed by atoms with van der Waals surface area (Å²) in [5, 5.41) is 17.0. The summed E-state index contributed by atoms with van der Waals surface area (Å²) in [6, 6.07) is 5.92. The quantitative estimate of drug-likeness (QED) is 0.809. The fraction of sp³-hybridized carbons (Fsp3) is 0.357. The van der Waals surface area contributed by atoms with Crippen molar-refractivity contribution in [1.82, 2.24) is 15.1 Å². The SMILES string of the molecule is O=C(CNc1nnc(-c2ccc(F)cc2)o1)N1CCC1.OC(F)(F)F. The second-order valence-electron chi connectivity index (χ2n) is 4.97. The molecule has 7 nitrogen and oxygen atoms in total. The van der Waals surface area contributed by atoms with E-state index in [1.165, 1.54) is 12.1 Å². The van der Waals surface area contributed by atoms with Crippen LogP contribution in [-0.2, 0) is 4.79 Å². The van der Waals surface area contributed by atoms with Crippen molar-refractivity contribution >= 4 is 11.9 Å². The average molecular weight is 362 g/mol. The molecule has 1 fully saturated rings. The van der Waals surface area contributed by atoms with Crippen LogP contribution in [0.5, 0.6) is 0 Å². The number of aromatic nitrogens is 2. The van der Waals surface area contributed by atoms with E-state index < -0.39 is 6.36 Å². The van der Waals surface area contributed by atoms with Crippen molar-refractivity contribution in [2.45, 2.75) is 12.8 Å². The van der Waals surface area contributed by atoms with Crippen LogP contribution >= 0.6 is 0 Å². The number of nitrogens with zero attached hydrogens (tertiary/aromatic N) is 3. The van der Waals surface area contributed by atoms with Gasteiger partial charge in [0.15, 0.2) is 0 Å². The minimum Gasteiger partial charge on any atom is -0.403 e. The van der Waals surface area contributed by atoms with Gasteiger partial charge in [0.1, 0.15) is 5.82 Å². The normalized spacial score (nSPS) is 13.6. The van der Waals surface area contributed by atoms with Gasteiger partial charge >= 0.3 is 12.4 Å². The first-order chi connectivity index (χ1) is 11.7. The lowest BCUT2D eigenvalue weighted by Crippen LogP contribution is -2.44. The maximum absolute atomic E-state index is 12.8. The average Bonchev–Trinajstić information content (AvgIpc) is 2.91. The van der Waals surface area contributed by atoms with Crippen LogP contribution in [0.15, 0.2) is 28.7 Å². The molecule has 11 heteroatoms. The third-order valence-corrected chi connectivity index (χ3v) is 3.12. The number of halogens is 4. The molecule has 0 aliphatic carbocycles. The summed E-state index contributed by atoms with van der Waals surface area (Å²) in [6.07, 6.45) is -3.94. The van der Waals surface area contributed by atoms with Crippen LogP contribution in [0.1, 0.15) is 6.42 Å². The van der Waals surface area contributed by atoms with Gasteiger partial charge in [0, 0.05) is 18.7 Å². The number of likely N-dealkylation sites (tertiary alicyclic amines) is 1. The van der Waals surface area contributed by atoms with Gasteiger partial charge in [0.2, 0.25) is 11.8 Å². The molecule has 136 valence electrons. The number of aliphatic hydroxyl groups is 1. The van der Waals surface area contributed by atoms with Gasteiger partial charge in [0.25, 0.3) is 0 Å². The van der Waals surface area contributed by atoms with E-state index in [1.54, 1.807) is 17.0 Å². The van der Waals surface area contributed by atoms with E-state index in [2.05, 4.69) is 15.5 Å². The number of amides is 1. The van der Waals surface area contributed by atoms with Crippen molar-refractivity contribution in [1.29, 1.82) is 0 Å². The van der Waals surface area contributed by atoms with Gasteiger partial charge in [-0.1, -0.05) is 5.10 Å². The van der Waals surface area contributed by atoms with E-state index in [0.717, 1.165) is 19.5 Å².